The van der Waals surface area contributed by atoms with Gasteiger partial charge < -0.3 is 5.73 Å². The summed E-state index contributed by atoms with van der Waals surface area (Å²) in [6.07, 6.45) is 0. The van der Waals surface area contributed by atoms with Gasteiger partial charge in [0.05, 0.1) is 6.01 Å². The van der Waals surface area contributed by atoms with Gasteiger partial charge in [-0.15, -0.1) is 0 Å². The molecule has 0 fully saturated rings. The number of para-hydroxylation sites is 1. The number of rotatable bonds is 0. The van der Waals surface area contributed by atoms with E-state index in [0.29, 0.717) is 0 Å². The molecule has 0 heterocycles. The van der Waals surface area contributed by atoms with E-state index in [1.54, 1.807) is 0 Å². The first-order chi connectivity index (χ1) is 5.22. The Kier molecular flexibility index (Phi) is 4.45. The molecule has 0 radical (unpaired) electrons. The summed E-state index contributed by atoms with van der Waals surface area (Å²) in [7, 11) is 0. The first kappa shape index (κ1) is 9.40. The summed E-state index contributed by atoms with van der Waals surface area (Å²) >= 11 is 0. The zero-order valence-corrected chi connectivity index (χ0v) is 6.39. The van der Waals surface area contributed by atoms with Crippen LogP contribution in [0, 0.1) is 17.7 Å². The van der Waals surface area contributed by atoms with Crippen molar-refractivity contribution < 1.29 is 0 Å². The monoisotopic (exact) mass is 149 g/mol. The van der Waals surface area contributed by atoms with Gasteiger partial charge in [0.15, 0.2) is 0 Å². The Morgan fingerprint density at radius 1 is 1.27 bits per heavy atom. The maximum atomic E-state index is 5.62. The minimum Gasteiger partial charge on any atom is -0.399 e. The third-order valence-corrected chi connectivity index (χ3v) is 1.19. The molecule has 0 spiro atoms. The number of aryl methyl sites for hydroxylation is 1. The van der Waals surface area contributed by atoms with Gasteiger partial charge in [-0.1, -0.05) is 18.2 Å². The molecule has 0 amide bonds. The van der Waals surface area contributed by atoms with E-state index in [-0.39, 0.29) is 0 Å². The molecule has 0 saturated carbocycles. The second-order valence-corrected chi connectivity index (χ2v) is 1.98. The van der Waals surface area contributed by atoms with Gasteiger partial charge in [-0.05, 0) is 18.6 Å². The Morgan fingerprint density at radius 2 is 1.73 bits per heavy atom. The van der Waals surface area contributed by atoms with E-state index in [1.165, 1.54) is 6.01 Å². The molecule has 1 aromatic carbocycles. The summed E-state index contributed by atoms with van der Waals surface area (Å²) in [6, 6.07) is 9.05. The number of nitrogen functional groups attached to an aromatic ring is 1. The molecule has 1 rings (SSSR count). The van der Waals surface area contributed by atoms with E-state index >= 15 is 0 Å². The van der Waals surface area contributed by atoms with Gasteiger partial charge in [0.25, 0.3) is 0 Å². The van der Waals surface area contributed by atoms with Crippen molar-refractivity contribution >= 4 is 11.7 Å². The number of hydrogen-bond donors (Lipinski definition) is 3. The molecule has 0 saturated heterocycles. The van der Waals surface area contributed by atoms with Crippen LogP contribution in [0.5, 0.6) is 0 Å². The number of nitrogens with one attached hydrogen (secondary N) is 2. The van der Waals surface area contributed by atoms with Crippen LogP contribution in [0.15, 0.2) is 24.3 Å². The fourth-order valence-corrected chi connectivity index (χ4v) is 0.587. The number of anilines is 1. The van der Waals surface area contributed by atoms with Gasteiger partial charge in [0, 0.05) is 5.69 Å². The van der Waals surface area contributed by atoms with Crippen molar-refractivity contribution in [3.05, 3.63) is 29.8 Å². The Balaban J connectivity index is 0.000000292. The molecular formula is C8H11N3. The molecule has 11 heavy (non-hydrogen) atoms. The Morgan fingerprint density at radius 3 is 2.00 bits per heavy atom. The average Bonchev–Trinajstić information content (AvgIpc) is 1.97. The highest BCUT2D eigenvalue weighted by Crippen LogP contribution is 2.06. The third kappa shape index (κ3) is 3.89. The summed E-state index contributed by atoms with van der Waals surface area (Å²) in [5, 5.41) is 11.2. The van der Waals surface area contributed by atoms with E-state index < -0.39 is 0 Å². The van der Waals surface area contributed by atoms with Gasteiger partial charge in [-0.25, -0.2) is 10.8 Å². The first-order valence-corrected chi connectivity index (χ1v) is 3.12. The minimum absolute atomic E-state index is 0.868. The van der Waals surface area contributed by atoms with Crippen molar-refractivity contribution in [2.24, 2.45) is 0 Å². The van der Waals surface area contributed by atoms with Crippen LogP contribution in [-0.2, 0) is 0 Å². The second kappa shape index (κ2) is 5.21. The van der Waals surface area contributed by atoms with Gasteiger partial charge >= 0.3 is 0 Å². The van der Waals surface area contributed by atoms with Crippen LogP contribution in [0.1, 0.15) is 5.56 Å². The molecule has 0 aliphatic carbocycles. The summed E-state index contributed by atoms with van der Waals surface area (Å²) in [5.74, 6) is 0. The van der Waals surface area contributed by atoms with Gasteiger partial charge in [0.1, 0.15) is 0 Å². The van der Waals surface area contributed by atoms with Crippen molar-refractivity contribution in [2.75, 3.05) is 5.73 Å². The van der Waals surface area contributed by atoms with Gasteiger partial charge in [0.2, 0.25) is 0 Å². The highest BCUT2D eigenvalue weighted by Gasteiger charge is 1.84. The highest BCUT2D eigenvalue weighted by molar-refractivity contribution is 5.44. The molecular weight excluding hydrogens is 138 g/mol. The normalized spacial score (nSPS) is 7.36. The van der Waals surface area contributed by atoms with Gasteiger partial charge in [-0.3, -0.25) is 0 Å². The van der Waals surface area contributed by atoms with Crippen LogP contribution >= 0.6 is 0 Å². The maximum absolute atomic E-state index is 5.62. The quantitative estimate of drug-likeness (QED) is 0.382. The zero-order chi connectivity index (χ0) is 8.69. The lowest BCUT2D eigenvalue weighted by molar-refractivity contribution is 1.47. The Bertz CT molecular complexity index is 228. The average molecular weight is 149 g/mol. The maximum Gasteiger partial charge on any atom is 0.0831 e. The minimum atomic E-state index is 0.868. The summed E-state index contributed by atoms with van der Waals surface area (Å²) in [4.78, 5) is 0. The lowest BCUT2D eigenvalue weighted by atomic mass is 10.2. The van der Waals surface area contributed by atoms with Crippen molar-refractivity contribution in [1.82, 2.24) is 0 Å². The molecule has 0 atom stereocenters. The van der Waals surface area contributed by atoms with Gasteiger partial charge in [-0.2, -0.15) is 0 Å². The lowest BCUT2D eigenvalue weighted by Crippen LogP contribution is -1.85. The van der Waals surface area contributed by atoms with Crippen molar-refractivity contribution in [3.8, 4) is 0 Å². The molecule has 58 valence electrons. The standard InChI is InChI=1S/C7H9N.CH2N2/c1-6-4-2-3-5-7(6)8;2-1-3/h2-5H,8H2,1H3;2-3H. The van der Waals surface area contributed by atoms with Crippen molar-refractivity contribution in [1.29, 1.82) is 10.8 Å². The summed E-state index contributed by atoms with van der Waals surface area (Å²) in [6.45, 7) is 2.00. The third-order valence-electron chi connectivity index (χ3n) is 1.19. The zero-order valence-electron chi connectivity index (χ0n) is 6.39. The molecule has 0 bridgehead atoms. The second-order valence-electron chi connectivity index (χ2n) is 1.98. The van der Waals surface area contributed by atoms with E-state index in [1.807, 2.05) is 31.2 Å². The largest absolute Gasteiger partial charge is 0.399 e. The topological polar surface area (TPSA) is 73.7 Å². The summed E-state index contributed by atoms with van der Waals surface area (Å²) in [5.41, 5.74) is 7.53. The van der Waals surface area contributed by atoms with Crippen LogP contribution in [0.2, 0.25) is 0 Å². The van der Waals surface area contributed by atoms with Crippen LogP contribution in [0.4, 0.5) is 5.69 Å². The smallest absolute Gasteiger partial charge is 0.0831 e. The first-order valence-electron chi connectivity index (χ1n) is 3.12. The number of nitrogens with two attached hydrogens (primary N) is 1. The van der Waals surface area contributed by atoms with Crippen LogP contribution in [0.25, 0.3) is 0 Å². The molecule has 0 unspecified atom stereocenters. The molecule has 4 N–H and O–H groups in total. The fourth-order valence-electron chi connectivity index (χ4n) is 0.587. The van der Waals surface area contributed by atoms with Crippen LogP contribution < -0.4 is 5.73 Å². The Hall–Kier alpha value is -1.60. The van der Waals surface area contributed by atoms with E-state index in [4.69, 9.17) is 16.6 Å². The van der Waals surface area contributed by atoms with Crippen molar-refractivity contribution in [3.63, 3.8) is 0 Å². The molecule has 3 heteroatoms. The number of hydrogen-bond acceptors (Lipinski definition) is 3. The predicted molar refractivity (Wildman–Crippen MR) is 46.0 cm³/mol. The molecule has 0 aliphatic heterocycles. The number of benzene rings is 1. The predicted octanol–water partition coefficient (Wildman–Crippen LogP) is 1.90. The van der Waals surface area contributed by atoms with Crippen LogP contribution in [-0.4, -0.2) is 6.01 Å². The van der Waals surface area contributed by atoms with Crippen LogP contribution in [0.3, 0.4) is 0 Å². The van der Waals surface area contributed by atoms with E-state index in [0.717, 1.165) is 11.3 Å². The van der Waals surface area contributed by atoms with Crippen molar-refractivity contribution in [2.45, 2.75) is 6.92 Å². The van der Waals surface area contributed by atoms with E-state index in [2.05, 4.69) is 0 Å². The molecule has 0 aliphatic rings. The summed E-state index contributed by atoms with van der Waals surface area (Å²) < 4.78 is 0. The SMILES string of the molecule is Cc1ccccc1N.N=C=N. The fraction of sp³-hybridized carbons (Fsp3) is 0.125. The molecule has 0 aromatic heterocycles. The van der Waals surface area contributed by atoms with E-state index in [9.17, 15) is 0 Å². The highest BCUT2D eigenvalue weighted by atomic mass is 14.5. The lowest BCUT2D eigenvalue weighted by Gasteiger charge is -1.93. The molecule has 3 nitrogen and oxygen atoms in total. The molecule has 1 aromatic rings. The Labute approximate surface area is 65.9 Å².